The van der Waals surface area contributed by atoms with Gasteiger partial charge in [-0.2, -0.15) is 0 Å². The Morgan fingerprint density at radius 1 is 1.00 bits per heavy atom. The van der Waals surface area contributed by atoms with Gasteiger partial charge in [0.05, 0.1) is 0 Å². The molecular weight excluding hydrogens is 474 g/mol. The summed E-state index contributed by atoms with van der Waals surface area (Å²) in [6.45, 7) is 4.61. The molecule has 3 aromatic rings. The molecule has 1 atom stereocenters. The molecule has 0 aliphatic heterocycles. The molecule has 0 radical (unpaired) electrons. The summed E-state index contributed by atoms with van der Waals surface area (Å²) in [6, 6.07) is 19.1. The van der Waals surface area contributed by atoms with E-state index in [4.69, 9.17) is 14.2 Å². The fraction of sp³-hybridized carbons (Fsp3) is 0.485. The number of rotatable bonds is 9. The molecule has 7 rings (SSSR count). The van der Waals surface area contributed by atoms with E-state index in [1.807, 2.05) is 26.0 Å². The number of benzene rings is 3. The molecule has 0 spiro atoms. The van der Waals surface area contributed by atoms with Crippen LogP contribution in [-0.4, -0.2) is 32.6 Å². The van der Waals surface area contributed by atoms with Gasteiger partial charge in [-0.1, -0.05) is 30.3 Å². The third-order valence-corrected chi connectivity index (χ3v) is 9.23. The monoisotopic (exact) mass is 513 g/mol. The van der Waals surface area contributed by atoms with Crippen molar-refractivity contribution in [1.82, 2.24) is 5.32 Å². The van der Waals surface area contributed by atoms with E-state index in [1.165, 1.54) is 55.0 Å². The summed E-state index contributed by atoms with van der Waals surface area (Å²) < 4.78 is 17.4. The Balaban J connectivity index is 1.42. The van der Waals surface area contributed by atoms with E-state index in [-0.39, 0.29) is 24.4 Å². The Hall–Kier alpha value is -2.89. The Labute approximate surface area is 225 Å². The first-order chi connectivity index (χ1) is 18.5. The largest absolute Gasteiger partial charge is 0.467 e. The minimum atomic E-state index is -0.313. The lowest BCUT2D eigenvalue weighted by molar-refractivity contribution is -0.150. The van der Waals surface area contributed by atoms with Crippen molar-refractivity contribution in [3.63, 3.8) is 0 Å². The Morgan fingerprint density at radius 2 is 1.68 bits per heavy atom. The smallest absolute Gasteiger partial charge is 0.251 e. The molecule has 1 amide bonds. The van der Waals surface area contributed by atoms with Gasteiger partial charge in [-0.3, -0.25) is 4.79 Å². The Bertz CT molecular complexity index is 1280. The van der Waals surface area contributed by atoms with Gasteiger partial charge >= 0.3 is 0 Å². The molecule has 4 fully saturated rings. The van der Waals surface area contributed by atoms with Gasteiger partial charge in [0.15, 0.2) is 13.1 Å². The summed E-state index contributed by atoms with van der Waals surface area (Å²) in [7, 11) is 1.64. The average Bonchev–Trinajstić information content (AvgIpc) is 2.91. The summed E-state index contributed by atoms with van der Waals surface area (Å²) in [5.74, 6) is 3.43. The van der Waals surface area contributed by atoms with E-state index < -0.39 is 0 Å². The van der Waals surface area contributed by atoms with Crippen LogP contribution in [0.4, 0.5) is 0 Å². The predicted octanol–water partition coefficient (Wildman–Crippen LogP) is 7.07. The minimum absolute atomic E-state index is 0.0344. The van der Waals surface area contributed by atoms with Gasteiger partial charge in [-0.05, 0) is 122 Å². The molecule has 0 aromatic heterocycles. The molecule has 38 heavy (non-hydrogen) atoms. The third kappa shape index (κ3) is 4.71. The van der Waals surface area contributed by atoms with Crippen LogP contribution in [0.1, 0.15) is 68.3 Å². The molecule has 4 aliphatic rings. The fourth-order valence-electron chi connectivity index (χ4n) is 7.86. The molecule has 1 unspecified atom stereocenters. The molecule has 4 bridgehead atoms. The summed E-state index contributed by atoms with van der Waals surface area (Å²) in [5.41, 5.74) is 4.52. The first kappa shape index (κ1) is 25.4. The van der Waals surface area contributed by atoms with Gasteiger partial charge < -0.3 is 19.5 Å². The number of fused-ring (bicyclic) bond motifs is 1. The average molecular weight is 514 g/mol. The van der Waals surface area contributed by atoms with Crippen LogP contribution in [-0.2, 0) is 14.9 Å². The maximum Gasteiger partial charge on any atom is 0.251 e. The van der Waals surface area contributed by atoms with Crippen molar-refractivity contribution in [3.05, 3.63) is 65.7 Å². The topological polar surface area (TPSA) is 56.8 Å². The van der Waals surface area contributed by atoms with E-state index in [1.54, 1.807) is 7.11 Å². The van der Waals surface area contributed by atoms with Crippen LogP contribution in [0.3, 0.4) is 0 Å². The maximum absolute atomic E-state index is 12.3. The lowest BCUT2D eigenvalue weighted by Gasteiger charge is -2.57. The second kappa shape index (κ2) is 10.3. The van der Waals surface area contributed by atoms with Crippen LogP contribution in [0, 0.1) is 17.8 Å². The van der Waals surface area contributed by atoms with Crippen molar-refractivity contribution < 1.29 is 19.0 Å². The van der Waals surface area contributed by atoms with Gasteiger partial charge in [0.25, 0.3) is 5.91 Å². The van der Waals surface area contributed by atoms with Gasteiger partial charge in [-0.25, -0.2) is 0 Å². The van der Waals surface area contributed by atoms with Crippen molar-refractivity contribution in [3.8, 4) is 16.9 Å². The zero-order chi connectivity index (χ0) is 26.3. The standard InChI is InChI=1S/C33H39NO4/c1-4-34-32(35)26-10-8-25(9-11-26)28-7-5-6-27-15-31(38-20-37-21(2)36-3)30(16-29(27)28)33-17-22-12-23(18-33)14-24(13-22)19-33/h5-11,15-16,21-24H,4,12-14,17-20H2,1-3H3,(H,34,35). The van der Waals surface area contributed by atoms with Crippen molar-refractivity contribution >= 4 is 16.7 Å². The van der Waals surface area contributed by atoms with E-state index in [2.05, 4.69) is 47.8 Å². The number of amides is 1. The first-order valence-corrected chi connectivity index (χ1v) is 14.2. The highest BCUT2D eigenvalue weighted by molar-refractivity contribution is 5.99. The summed E-state index contributed by atoms with van der Waals surface area (Å²) in [4.78, 5) is 12.3. The number of hydrogen-bond donors (Lipinski definition) is 1. The number of methoxy groups -OCH3 is 1. The van der Waals surface area contributed by atoms with Crippen molar-refractivity contribution in [2.75, 3.05) is 20.4 Å². The Kier molecular flexibility index (Phi) is 6.92. The second-order valence-corrected chi connectivity index (χ2v) is 11.7. The number of ether oxygens (including phenoxy) is 3. The Morgan fingerprint density at radius 3 is 2.32 bits per heavy atom. The number of hydrogen-bond acceptors (Lipinski definition) is 4. The van der Waals surface area contributed by atoms with Crippen LogP contribution in [0.2, 0.25) is 0 Å². The van der Waals surface area contributed by atoms with Crippen LogP contribution in [0.5, 0.6) is 5.75 Å². The van der Waals surface area contributed by atoms with E-state index in [9.17, 15) is 4.79 Å². The first-order valence-electron chi connectivity index (χ1n) is 14.2. The molecule has 3 aromatic carbocycles. The molecule has 200 valence electrons. The third-order valence-electron chi connectivity index (χ3n) is 9.23. The molecule has 1 N–H and O–H groups in total. The quantitative estimate of drug-likeness (QED) is 0.311. The van der Waals surface area contributed by atoms with Crippen LogP contribution in [0.25, 0.3) is 21.9 Å². The molecule has 0 heterocycles. The van der Waals surface area contributed by atoms with Gasteiger partial charge in [-0.15, -0.1) is 0 Å². The molecular formula is C33H39NO4. The summed E-state index contributed by atoms with van der Waals surface area (Å²) >= 11 is 0. The SMILES string of the molecule is CCNC(=O)c1ccc(-c2cccc3cc(OCOC(C)OC)c(C45CC6CC(CC(C6)C4)C5)cc23)cc1. The normalized spacial score (nSPS) is 26.4. The lowest BCUT2D eigenvalue weighted by Crippen LogP contribution is -2.48. The number of nitrogens with one attached hydrogen (secondary N) is 1. The van der Waals surface area contributed by atoms with Crippen LogP contribution < -0.4 is 10.1 Å². The molecule has 4 saturated carbocycles. The summed E-state index contributed by atoms with van der Waals surface area (Å²) in [5, 5.41) is 5.27. The predicted molar refractivity (Wildman–Crippen MR) is 150 cm³/mol. The van der Waals surface area contributed by atoms with Crippen LogP contribution in [0.15, 0.2) is 54.6 Å². The zero-order valence-electron chi connectivity index (χ0n) is 22.8. The van der Waals surface area contributed by atoms with E-state index >= 15 is 0 Å². The molecule has 0 saturated heterocycles. The van der Waals surface area contributed by atoms with E-state index in [0.29, 0.717) is 12.1 Å². The second-order valence-electron chi connectivity index (χ2n) is 11.7. The van der Waals surface area contributed by atoms with Crippen LogP contribution >= 0.6 is 0 Å². The maximum atomic E-state index is 12.3. The van der Waals surface area contributed by atoms with Gasteiger partial charge in [0.2, 0.25) is 0 Å². The zero-order valence-corrected chi connectivity index (χ0v) is 22.8. The fourth-order valence-corrected chi connectivity index (χ4v) is 7.86. The highest BCUT2D eigenvalue weighted by Gasteiger charge is 2.52. The van der Waals surface area contributed by atoms with Crippen molar-refractivity contribution in [2.24, 2.45) is 17.8 Å². The van der Waals surface area contributed by atoms with Gasteiger partial charge in [0, 0.05) is 24.8 Å². The van der Waals surface area contributed by atoms with Crippen molar-refractivity contribution in [2.45, 2.75) is 64.1 Å². The molecule has 4 aliphatic carbocycles. The molecule has 5 nitrogen and oxygen atoms in total. The summed E-state index contributed by atoms with van der Waals surface area (Å²) in [6.07, 6.45) is 7.69. The highest BCUT2D eigenvalue weighted by atomic mass is 16.7. The minimum Gasteiger partial charge on any atom is -0.467 e. The van der Waals surface area contributed by atoms with E-state index in [0.717, 1.165) is 34.5 Å². The number of carbonyl (C=O) groups is 1. The lowest BCUT2D eigenvalue weighted by atomic mass is 9.48. The highest BCUT2D eigenvalue weighted by Crippen LogP contribution is 2.62. The van der Waals surface area contributed by atoms with Gasteiger partial charge in [0.1, 0.15) is 5.75 Å². The van der Waals surface area contributed by atoms with Crippen molar-refractivity contribution in [1.29, 1.82) is 0 Å². The number of carbonyl (C=O) groups excluding carboxylic acids is 1. The molecule has 5 heteroatoms.